The number of carbonyl (C=O) groups is 1. The second kappa shape index (κ2) is 13.0. The van der Waals surface area contributed by atoms with E-state index in [2.05, 4.69) is 4.52 Å². The van der Waals surface area contributed by atoms with E-state index >= 15 is 0 Å². The molecule has 0 bridgehead atoms. The summed E-state index contributed by atoms with van der Waals surface area (Å²) in [7, 11) is 0.0953. The van der Waals surface area contributed by atoms with Gasteiger partial charge in [-0.2, -0.15) is 0 Å². The fourth-order valence-corrected chi connectivity index (χ4v) is 4.75. The van der Waals surface area contributed by atoms with Crippen molar-refractivity contribution < 1.29 is 106 Å². The normalized spacial score (nSPS) is 10.8. The molecule has 14 heteroatoms. The Morgan fingerprint density at radius 3 is 2.00 bits per heavy atom. The van der Waals surface area contributed by atoms with Crippen LogP contribution in [-0.4, -0.2) is 34.2 Å². The van der Waals surface area contributed by atoms with Crippen LogP contribution in [0, 0.1) is 0 Å². The number of phosphoric acid groups is 1. The molecule has 0 N–H and O–H groups in total. The number of rotatable bonds is 9. The van der Waals surface area contributed by atoms with Gasteiger partial charge in [0.1, 0.15) is 7.82 Å². The van der Waals surface area contributed by atoms with Crippen LogP contribution in [0.1, 0.15) is 15.9 Å². The summed E-state index contributed by atoms with van der Waals surface area (Å²) in [6, 6.07) is 9.39. The number of ether oxygens (including phenoxy) is 4. The molecule has 0 spiro atoms. The van der Waals surface area contributed by atoms with Crippen molar-refractivity contribution >= 4 is 35.9 Å². The van der Waals surface area contributed by atoms with Crippen molar-refractivity contribution in [3.63, 3.8) is 0 Å². The molecule has 2 heterocycles. The van der Waals surface area contributed by atoms with Crippen LogP contribution in [0.5, 0.6) is 28.7 Å². The van der Waals surface area contributed by atoms with Crippen LogP contribution in [0.25, 0.3) is 21.6 Å². The van der Waals surface area contributed by atoms with Crippen molar-refractivity contribution in [2.24, 2.45) is 0 Å². The number of methoxy groups -OCH3 is 4. The number of hydrogen-bond donors (Lipinski definition) is 0. The molecule has 0 unspecified atom stereocenters. The molecule has 0 radical (unpaired) electrons. The Morgan fingerprint density at radius 2 is 1.51 bits per heavy atom. The van der Waals surface area contributed by atoms with Crippen LogP contribution in [-0.2, 0) is 4.57 Å². The maximum absolute atomic E-state index is 13.9. The summed E-state index contributed by atoms with van der Waals surface area (Å²) in [5, 5.41) is 2.01. The van der Waals surface area contributed by atoms with Crippen molar-refractivity contribution in [3.05, 3.63) is 52.9 Å². The number of carbonyl (C=O) groups excluding carboxylic acids is 1. The Morgan fingerprint density at radius 1 is 0.892 bits per heavy atom. The number of benzene rings is 2. The standard InChI is InChI=1S/C23H21O10PS.2Na/c1-28-14-8-7-13-18(19(24)12-10-15(29-2)21(31-4)16(11-12)30-3)23(17-6-5-9-35-17)32-20(13)22(14)33-34(25,26)27;;/h5-11H,1-4H3,(H2,25,26,27);;/q;2*+1/p-2. The molecule has 0 saturated heterocycles. The summed E-state index contributed by atoms with van der Waals surface area (Å²) < 4.78 is 43.3. The van der Waals surface area contributed by atoms with Gasteiger partial charge in [-0.25, -0.2) is 0 Å². The van der Waals surface area contributed by atoms with Gasteiger partial charge in [0.15, 0.2) is 34.4 Å². The molecule has 10 nitrogen and oxygen atoms in total. The second-order valence-corrected chi connectivity index (χ2v) is 9.06. The smallest absolute Gasteiger partial charge is 0.780 e. The largest absolute Gasteiger partial charge is 1.00 e. The summed E-state index contributed by atoms with van der Waals surface area (Å²) in [6.45, 7) is 0. The van der Waals surface area contributed by atoms with Crippen LogP contribution in [0.2, 0.25) is 0 Å². The minimum absolute atomic E-state index is 0. The molecule has 0 atom stereocenters. The zero-order valence-corrected chi connectivity index (χ0v) is 26.7. The van der Waals surface area contributed by atoms with Gasteiger partial charge in [0.05, 0.1) is 38.9 Å². The second-order valence-electron chi connectivity index (χ2n) is 7.04. The maximum Gasteiger partial charge on any atom is 1.00 e. The van der Waals surface area contributed by atoms with E-state index in [1.807, 2.05) is 0 Å². The molecule has 0 fully saturated rings. The van der Waals surface area contributed by atoms with Gasteiger partial charge in [-0.05, 0) is 35.7 Å². The van der Waals surface area contributed by atoms with Crippen LogP contribution in [0.15, 0.2) is 46.2 Å². The molecule has 0 aliphatic heterocycles. The van der Waals surface area contributed by atoms with Crippen LogP contribution in [0.3, 0.4) is 0 Å². The van der Waals surface area contributed by atoms with Gasteiger partial charge < -0.3 is 42.2 Å². The van der Waals surface area contributed by atoms with E-state index in [9.17, 15) is 19.1 Å². The van der Waals surface area contributed by atoms with E-state index in [0.29, 0.717) is 10.6 Å². The van der Waals surface area contributed by atoms with E-state index in [1.54, 1.807) is 17.5 Å². The molecule has 4 aromatic rings. The summed E-state index contributed by atoms with van der Waals surface area (Å²) in [5.41, 5.74) is 0.183. The van der Waals surface area contributed by atoms with Crippen molar-refractivity contribution in [1.29, 1.82) is 0 Å². The number of hydrogen-bond acceptors (Lipinski definition) is 11. The van der Waals surface area contributed by atoms with Crippen molar-refractivity contribution in [2.75, 3.05) is 28.4 Å². The Balaban J connectivity index is 0.00000241. The molecule has 0 aliphatic rings. The molecular formula is C23H19Na2O10PS. The van der Waals surface area contributed by atoms with Crippen molar-refractivity contribution in [3.8, 4) is 39.4 Å². The Bertz CT molecular complexity index is 1420. The van der Waals surface area contributed by atoms with Gasteiger partial charge in [-0.15, -0.1) is 11.3 Å². The van der Waals surface area contributed by atoms with Crippen molar-refractivity contribution in [1.82, 2.24) is 0 Å². The van der Waals surface area contributed by atoms with Gasteiger partial charge in [0, 0.05) is 10.9 Å². The summed E-state index contributed by atoms with van der Waals surface area (Å²) in [6.07, 6.45) is 0. The summed E-state index contributed by atoms with van der Waals surface area (Å²) >= 11 is 1.30. The Labute approximate surface area is 260 Å². The molecule has 0 saturated carbocycles. The number of fused-ring (bicyclic) bond motifs is 1. The van der Waals surface area contributed by atoms with Gasteiger partial charge in [-0.3, -0.25) is 4.79 Å². The minimum Gasteiger partial charge on any atom is -0.780 e. The van der Waals surface area contributed by atoms with E-state index in [4.69, 9.17) is 23.4 Å². The molecule has 2 aromatic heterocycles. The Kier molecular flexibility index (Phi) is 11.2. The molecule has 4 rings (SSSR count). The first-order valence-corrected chi connectivity index (χ1v) is 12.3. The van der Waals surface area contributed by atoms with Crippen molar-refractivity contribution in [2.45, 2.75) is 0 Å². The predicted molar refractivity (Wildman–Crippen MR) is 124 cm³/mol. The number of thiophene rings is 1. The third kappa shape index (κ3) is 6.39. The quantitative estimate of drug-likeness (QED) is 0.123. The van der Waals surface area contributed by atoms with Gasteiger partial charge in [0.2, 0.25) is 11.5 Å². The fraction of sp³-hybridized carbons (Fsp3) is 0.174. The predicted octanol–water partition coefficient (Wildman–Crippen LogP) is -2.36. The molecule has 0 aliphatic carbocycles. The number of phosphoric ester groups is 1. The monoisotopic (exact) mass is 564 g/mol. The average molecular weight is 564 g/mol. The van der Waals surface area contributed by atoms with Crippen LogP contribution >= 0.6 is 19.2 Å². The third-order valence-corrected chi connectivity index (χ3v) is 6.37. The molecular weight excluding hydrogens is 545 g/mol. The molecule has 184 valence electrons. The average Bonchev–Trinajstić information content (AvgIpc) is 3.50. The maximum atomic E-state index is 13.9. The first-order chi connectivity index (χ1) is 16.7. The summed E-state index contributed by atoms with van der Waals surface area (Å²) in [4.78, 5) is 37.3. The topological polar surface area (TPSA) is 140 Å². The molecule has 37 heavy (non-hydrogen) atoms. The zero-order chi connectivity index (χ0) is 25.3. The van der Waals surface area contributed by atoms with Crippen LogP contribution < -0.4 is 92.4 Å². The molecule has 0 amide bonds. The first-order valence-electron chi connectivity index (χ1n) is 9.96. The summed E-state index contributed by atoms with van der Waals surface area (Å²) in [5.74, 6) is 0.0374. The molecule has 2 aromatic carbocycles. The van der Waals surface area contributed by atoms with Gasteiger partial charge in [-0.1, -0.05) is 6.07 Å². The number of ketones is 1. The zero-order valence-electron chi connectivity index (χ0n) is 21.0. The SMILES string of the molecule is COc1cc(C(=O)c2c(-c3cccs3)oc3c(OP(=O)([O-])[O-])c(OC)ccc23)cc(OC)c1OC.[Na+].[Na+]. The van der Waals surface area contributed by atoms with E-state index < -0.39 is 19.4 Å². The minimum atomic E-state index is -5.48. The van der Waals surface area contributed by atoms with E-state index in [0.717, 1.165) is 0 Å². The number of furan rings is 1. The fourth-order valence-electron chi connectivity index (χ4n) is 3.64. The van der Waals surface area contributed by atoms with Crippen LogP contribution in [0.4, 0.5) is 0 Å². The third-order valence-electron chi connectivity index (χ3n) is 5.10. The van der Waals surface area contributed by atoms with E-state index in [1.165, 1.54) is 64.0 Å². The first kappa shape index (κ1) is 31.7. The van der Waals surface area contributed by atoms with Gasteiger partial charge in [0.25, 0.3) is 0 Å². The Hall–Kier alpha value is -1.50. The van der Waals surface area contributed by atoms with E-state index in [-0.39, 0.29) is 104 Å². The van der Waals surface area contributed by atoms with Gasteiger partial charge >= 0.3 is 59.1 Å².